The van der Waals surface area contributed by atoms with Crippen LogP contribution < -0.4 is 14.8 Å². The topological polar surface area (TPSA) is 46.1 Å². The van der Waals surface area contributed by atoms with Gasteiger partial charge in [0, 0.05) is 17.8 Å². The number of hydrogen-bond acceptors (Lipinski definition) is 4. The van der Waals surface area contributed by atoms with Crippen LogP contribution >= 0.6 is 58.6 Å². The number of anilines is 1. The first-order valence-corrected chi connectivity index (χ1v) is 14.6. The Bertz CT molecular complexity index is 1630. The zero-order chi connectivity index (χ0) is 29.1. The first-order valence-electron chi connectivity index (χ1n) is 12.6. The third kappa shape index (κ3) is 6.58. The Hall–Kier alpha value is -3.00. The van der Waals surface area contributed by atoms with Crippen LogP contribution in [0.3, 0.4) is 0 Å². The maximum absolute atomic E-state index is 6.44. The molecule has 1 atom stereocenters. The van der Waals surface area contributed by atoms with Crippen molar-refractivity contribution in [2.24, 2.45) is 4.99 Å². The number of halogens is 4. The van der Waals surface area contributed by atoms with E-state index in [9.17, 15) is 0 Å². The van der Waals surface area contributed by atoms with Crippen LogP contribution in [0.4, 0.5) is 11.4 Å². The number of fused-ring (bicyclic) bond motifs is 1. The number of nitrogens with zero attached hydrogens (tertiary/aromatic N) is 2. The summed E-state index contributed by atoms with van der Waals surface area (Å²) in [4.78, 5) is 6.76. The number of thiocarbonyl (C=S) groups is 1. The number of nitrogens with one attached hydrogen (secondary N) is 1. The Morgan fingerprint density at radius 2 is 1.59 bits per heavy atom. The van der Waals surface area contributed by atoms with E-state index >= 15 is 0 Å². The molecule has 0 aromatic heterocycles. The van der Waals surface area contributed by atoms with Crippen LogP contribution in [-0.2, 0) is 6.42 Å². The molecule has 5 nitrogen and oxygen atoms in total. The fraction of sp³-hybridized carbons (Fsp3) is 0.161. The molecule has 1 aliphatic rings. The average molecular weight is 645 g/mol. The summed E-state index contributed by atoms with van der Waals surface area (Å²) in [5.74, 6) is 1.34. The van der Waals surface area contributed by atoms with Gasteiger partial charge in [-0.1, -0.05) is 64.6 Å². The number of benzene rings is 4. The van der Waals surface area contributed by atoms with E-state index in [4.69, 9.17) is 68.1 Å². The second kappa shape index (κ2) is 12.9. The van der Waals surface area contributed by atoms with Crippen LogP contribution in [0.1, 0.15) is 28.3 Å². The highest BCUT2D eigenvalue weighted by molar-refractivity contribution is 7.80. The molecule has 0 unspecified atom stereocenters. The van der Waals surface area contributed by atoms with Crippen LogP contribution in [0.15, 0.2) is 77.8 Å². The molecule has 0 saturated heterocycles. The number of rotatable bonds is 6. The minimum Gasteiger partial charge on any atom is -0.493 e. The zero-order valence-corrected chi connectivity index (χ0v) is 26.0. The minimum absolute atomic E-state index is 0.204. The van der Waals surface area contributed by atoms with Gasteiger partial charge in [-0.3, -0.25) is 4.99 Å². The highest BCUT2D eigenvalue weighted by Gasteiger charge is 2.32. The van der Waals surface area contributed by atoms with Gasteiger partial charge in [0.1, 0.15) is 0 Å². The van der Waals surface area contributed by atoms with Crippen molar-refractivity contribution in [2.75, 3.05) is 26.1 Å². The Morgan fingerprint density at radius 3 is 2.29 bits per heavy atom. The molecular weight excluding hydrogens is 620 g/mol. The highest BCUT2D eigenvalue weighted by Crippen LogP contribution is 2.42. The third-order valence-corrected chi connectivity index (χ3v) is 8.46. The molecule has 10 heteroatoms. The van der Waals surface area contributed by atoms with Crippen molar-refractivity contribution in [3.8, 4) is 11.5 Å². The molecular formula is C31H25Cl4N3O2S. The maximum Gasteiger partial charge on any atom is 0.174 e. The number of aliphatic imine (C=N–C) groups is 1. The van der Waals surface area contributed by atoms with E-state index in [1.54, 1.807) is 50.8 Å². The van der Waals surface area contributed by atoms with Crippen LogP contribution in [0.25, 0.3) is 0 Å². The summed E-state index contributed by atoms with van der Waals surface area (Å²) < 4.78 is 11.2. The highest BCUT2D eigenvalue weighted by atomic mass is 35.5. The summed E-state index contributed by atoms with van der Waals surface area (Å²) in [5, 5.41) is 5.91. The summed E-state index contributed by atoms with van der Waals surface area (Å²) in [6.07, 6.45) is 2.52. The molecule has 41 heavy (non-hydrogen) atoms. The van der Waals surface area contributed by atoms with Gasteiger partial charge >= 0.3 is 0 Å². The van der Waals surface area contributed by atoms with E-state index in [1.165, 1.54) is 0 Å². The predicted octanol–water partition coefficient (Wildman–Crippen LogP) is 9.41. The minimum atomic E-state index is -0.204. The van der Waals surface area contributed by atoms with Crippen LogP contribution in [0.5, 0.6) is 11.5 Å². The van der Waals surface area contributed by atoms with Crippen molar-refractivity contribution < 1.29 is 9.47 Å². The van der Waals surface area contributed by atoms with Gasteiger partial charge in [-0.2, -0.15) is 0 Å². The molecule has 0 amide bonds. The lowest BCUT2D eigenvalue weighted by Crippen LogP contribution is -2.42. The van der Waals surface area contributed by atoms with Gasteiger partial charge in [0.25, 0.3) is 0 Å². The predicted molar refractivity (Wildman–Crippen MR) is 175 cm³/mol. The van der Waals surface area contributed by atoms with Gasteiger partial charge < -0.3 is 19.7 Å². The average Bonchev–Trinajstić information content (AvgIpc) is 2.98. The molecule has 0 spiro atoms. The SMILES string of the molecule is COc1cc2c(cc1OC)[C@@H](c1ccc(N=Cc3ccc(Cl)c(Cl)c3)cc1)N(C(=S)Nc1cc(Cl)ccc1Cl)CC2. The van der Waals surface area contributed by atoms with Crippen molar-refractivity contribution in [1.82, 2.24) is 4.90 Å². The molecule has 5 rings (SSSR count). The number of hydrogen-bond donors (Lipinski definition) is 1. The molecule has 4 aromatic rings. The number of ether oxygens (including phenoxy) is 2. The summed E-state index contributed by atoms with van der Waals surface area (Å²) in [6.45, 7) is 0.675. The molecule has 0 fully saturated rings. The van der Waals surface area contributed by atoms with E-state index in [0.29, 0.717) is 48.9 Å². The summed E-state index contributed by atoms with van der Waals surface area (Å²) in [5.41, 5.74) is 5.56. The molecule has 1 heterocycles. The summed E-state index contributed by atoms with van der Waals surface area (Å²) in [7, 11) is 3.27. The second-order valence-corrected chi connectivity index (χ2v) is 11.4. The lowest BCUT2D eigenvalue weighted by Gasteiger charge is -2.40. The summed E-state index contributed by atoms with van der Waals surface area (Å²) in [6, 6.07) is 22.6. The first-order chi connectivity index (χ1) is 19.8. The van der Waals surface area contributed by atoms with E-state index in [1.807, 2.05) is 30.3 Å². The molecule has 0 saturated carbocycles. The second-order valence-electron chi connectivity index (χ2n) is 9.33. The molecule has 1 aliphatic heterocycles. The molecule has 0 aliphatic carbocycles. The van der Waals surface area contributed by atoms with Gasteiger partial charge in [0.2, 0.25) is 0 Å². The van der Waals surface area contributed by atoms with Crippen LogP contribution in [0, 0.1) is 0 Å². The van der Waals surface area contributed by atoms with Crippen LogP contribution in [-0.4, -0.2) is 37.0 Å². The van der Waals surface area contributed by atoms with E-state index in [0.717, 1.165) is 34.4 Å². The largest absolute Gasteiger partial charge is 0.493 e. The smallest absolute Gasteiger partial charge is 0.174 e. The van der Waals surface area contributed by atoms with Crippen molar-refractivity contribution in [1.29, 1.82) is 0 Å². The fourth-order valence-electron chi connectivity index (χ4n) is 4.79. The normalized spacial score (nSPS) is 14.6. The van der Waals surface area contributed by atoms with Crippen molar-refractivity contribution >= 4 is 81.3 Å². The van der Waals surface area contributed by atoms with Gasteiger partial charge in [-0.15, -0.1) is 0 Å². The molecule has 0 radical (unpaired) electrons. The van der Waals surface area contributed by atoms with E-state index < -0.39 is 0 Å². The molecule has 210 valence electrons. The van der Waals surface area contributed by atoms with Crippen molar-refractivity contribution in [3.05, 3.63) is 115 Å². The Kier molecular flexibility index (Phi) is 9.27. The van der Waals surface area contributed by atoms with Crippen molar-refractivity contribution in [2.45, 2.75) is 12.5 Å². The maximum atomic E-state index is 6.44. The fourth-order valence-corrected chi connectivity index (χ4v) is 5.74. The lowest BCUT2D eigenvalue weighted by atomic mass is 9.87. The standard InChI is InChI=1S/C31H25Cl4N3O2S/c1-39-28-14-20-11-12-38(31(41)37-27-15-21(32)6-10-25(27)34)30(23(20)16-29(28)40-2)19-4-7-22(8-5-19)36-17-18-3-9-24(33)26(35)13-18/h3-10,13-17,30H,11-12H2,1-2H3,(H,37,41)/t30-/m1/s1. The Balaban J connectivity index is 1.50. The number of methoxy groups -OCH3 is 2. The molecule has 1 N–H and O–H groups in total. The Labute approximate surface area is 264 Å². The molecule has 0 bridgehead atoms. The van der Waals surface area contributed by atoms with Crippen LogP contribution in [0.2, 0.25) is 20.1 Å². The Morgan fingerprint density at radius 1 is 0.878 bits per heavy atom. The monoisotopic (exact) mass is 643 g/mol. The zero-order valence-electron chi connectivity index (χ0n) is 22.1. The quantitative estimate of drug-likeness (QED) is 0.167. The van der Waals surface area contributed by atoms with Gasteiger partial charge in [-0.25, -0.2) is 0 Å². The lowest BCUT2D eigenvalue weighted by molar-refractivity contribution is 0.330. The van der Waals surface area contributed by atoms with Gasteiger partial charge in [0.15, 0.2) is 16.6 Å². The summed E-state index contributed by atoms with van der Waals surface area (Å²) >= 11 is 30.8. The third-order valence-electron chi connectivity index (χ3n) is 6.82. The van der Waals surface area contributed by atoms with Crippen molar-refractivity contribution in [3.63, 3.8) is 0 Å². The first kappa shape index (κ1) is 29.5. The van der Waals surface area contributed by atoms with E-state index in [-0.39, 0.29) is 6.04 Å². The van der Waals surface area contributed by atoms with E-state index in [2.05, 4.69) is 27.3 Å². The van der Waals surface area contributed by atoms with Gasteiger partial charge in [0.05, 0.1) is 46.7 Å². The van der Waals surface area contributed by atoms with Gasteiger partial charge in [-0.05, 0) is 95.5 Å². The molecule has 4 aromatic carbocycles.